The molecule has 0 aromatic heterocycles. The Morgan fingerprint density at radius 1 is 1.04 bits per heavy atom. The van der Waals surface area contributed by atoms with Crippen molar-refractivity contribution in [2.45, 2.75) is 70.4 Å². The number of nitrogens with one attached hydrogen (secondary N) is 2. The van der Waals surface area contributed by atoms with Gasteiger partial charge in [-0.15, -0.1) is 0 Å². The van der Waals surface area contributed by atoms with Gasteiger partial charge in [0, 0.05) is 52.5 Å². The zero-order valence-corrected chi connectivity index (χ0v) is 17.0. The second kappa shape index (κ2) is 13.3. The molecule has 6 heteroatoms. The van der Waals surface area contributed by atoms with E-state index in [-0.39, 0.29) is 0 Å². The topological polar surface area (TPSA) is 58.1 Å². The molecule has 0 heterocycles. The number of rotatable bonds is 13. The number of hydrogen-bond acceptors (Lipinski definition) is 4. The molecule has 2 fully saturated rings. The summed E-state index contributed by atoms with van der Waals surface area (Å²) in [6, 6.07) is 0.767. The van der Waals surface area contributed by atoms with Gasteiger partial charge in [0.1, 0.15) is 0 Å². The van der Waals surface area contributed by atoms with Crippen molar-refractivity contribution in [2.75, 3.05) is 53.0 Å². The Bertz CT molecular complexity index is 382. The first-order valence-electron chi connectivity index (χ1n) is 10.7. The summed E-state index contributed by atoms with van der Waals surface area (Å²) in [6.45, 7) is 8.45. The summed E-state index contributed by atoms with van der Waals surface area (Å²) in [5.41, 5.74) is 0. The van der Waals surface area contributed by atoms with Crippen molar-refractivity contribution >= 4 is 5.96 Å². The minimum Gasteiger partial charge on any atom is -0.383 e. The van der Waals surface area contributed by atoms with Crippen LogP contribution < -0.4 is 10.6 Å². The van der Waals surface area contributed by atoms with Crippen LogP contribution in [0.5, 0.6) is 0 Å². The third-order valence-corrected chi connectivity index (χ3v) is 5.16. The smallest absolute Gasteiger partial charge is 0.191 e. The molecule has 0 aromatic carbocycles. The van der Waals surface area contributed by atoms with Crippen LogP contribution in [0, 0.1) is 0 Å². The first-order valence-corrected chi connectivity index (χ1v) is 10.7. The summed E-state index contributed by atoms with van der Waals surface area (Å²) in [5.74, 6) is 0.924. The van der Waals surface area contributed by atoms with Gasteiger partial charge in [0.2, 0.25) is 0 Å². The van der Waals surface area contributed by atoms with Crippen LogP contribution in [-0.4, -0.2) is 76.1 Å². The van der Waals surface area contributed by atoms with Crippen LogP contribution in [0.4, 0.5) is 0 Å². The van der Waals surface area contributed by atoms with E-state index in [1.807, 2.05) is 0 Å². The van der Waals surface area contributed by atoms with Gasteiger partial charge >= 0.3 is 0 Å². The highest BCUT2D eigenvalue weighted by molar-refractivity contribution is 5.79. The van der Waals surface area contributed by atoms with Crippen molar-refractivity contribution in [3.05, 3.63) is 0 Å². The molecule has 0 radical (unpaired) electrons. The molecular formula is C20H40N4O2. The van der Waals surface area contributed by atoms with Crippen LogP contribution in [0.3, 0.4) is 0 Å². The summed E-state index contributed by atoms with van der Waals surface area (Å²) in [7, 11) is 1.78. The molecule has 0 unspecified atom stereocenters. The predicted molar refractivity (Wildman–Crippen MR) is 108 cm³/mol. The van der Waals surface area contributed by atoms with Crippen LogP contribution >= 0.6 is 0 Å². The second-order valence-corrected chi connectivity index (χ2v) is 7.43. The van der Waals surface area contributed by atoms with Gasteiger partial charge in [-0.05, 0) is 39.0 Å². The molecule has 0 spiro atoms. The van der Waals surface area contributed by atoms with Crippen LogP contribution in [0.15, 0.2) is 4.99 Å². The lowest BCUT2D eigenvalue weighted by Crippen LogP contribution is -2.42. The Balaban J connectivity index is 1.58. The third kappa shape index (κ3) is 9.19. The Hall–Kier alpha value is -0.850. The molecule has 2 rings (SSSR count). The largest absolute Gasteiger partial charge is 0.383 e. The van der Waals surface area contributed by atoms with E-state index in [0.29, 0.717) is 6.10 Å². The maximum atomic E-state index is 5.98. The number of aliphatic imine (C=N–C) groups is 1. The zero-order chi connectivity index (χ0) is 18.5. The van der Waals surface area contributed by atoms with E-state index < -0.39 is 0 Å². The highest BCUT2D eigenvalue weighted by Gasteiger charge is 2.28. The average molecular weight is 369 g/mol. The van der Waals surface area contributed by atoms with Crippen LogP contribution in [0.2, 0.25) is 0 Å². The maximum absolute atomic E-state index is 5.98. The van der Waals surface area contributed by atoms with Gasteiger partial charge in [0.05, 0.1) is 12.7 Å². The molecule has 0 aliphatic heterocycles. The minimum absolute atomic E-state index is 0.500. The average Bonchev–Trinajstić information content (AvgIpc) is 3.50. The summed E-state index contributed by atoms with van der Waals surface area (Å²) < 4.78 is 11.2. The fourth-order valence-corrected chi connectivity index (χ4v) is 3.52. The van der Waals surface area contributed by atoms with Crippen LogP contribution in [0.1, 0.15) is 58.3 Å². The van der Waals surface area contributed by atoms with Crippen LogP contribution in [-0.2, 0) is 9.47 Å². The fraction of sp³-hybridized carbons (Fsp3) is 0.950. The summed E-state index contributed by atoms with van der Waals surface area (Å²) in [5, 5.41) is 6.81. The lowest BCUT2D eigenvalue weighted by atomic mass is 9.98. The summed E-state index contributed by atoms with van der Waals surface area (Å²) in [6.07, 6.45) is 10.7. The zero-order valence-electron chi connectivity index (χ0n) is 17.0. The van der Waals surface area contributed by atoms with Gasteiger partial charge in [-0.25, -0.2) is 0 Å². The van der Waals surface area contributed by atoms with Crippen molar-refractivity contribution in [1.29, 1.82) is 0 Å². The molecule has 0 bridgehead atoms. The van der Waals surface area contributed by atoms with E-state index in [9.17, 15) is 0 Å². The number of ether oxygens (including phenoxy) is 2. The monoisotopic (exact) mass is 368 g/mol. The number of nitrogens with zero attached hydrogens (tertiary/aromatic N) is 2. The van der Waals surface area contributed by atoms with E-state index in [0.717, 1.165) is 64.4 Å². The van der Waals surface area contributed by atoms with Crippen molar-refractivity contribution < 1.29 is 9.47 Å². The third-order valence-electron chi connectivity index (χ3n) is 5.16. The van der Waals surface area contributed by atoms with Crippen molar-refractivity contribution in [3.63, 3.8) is 0 Å². The van der Waals surface area contributed by atoms with Gasteiger partial charge in [0.15, 0.2) is 5.96 Å². The number of methoxy groups -OCH3 is 1. The summed E-state index contributed by atoms with van der Waals surface area (Å²) in [4.78, 5) is 7.21. The molecule has 2 saturated carbocycles. The number of guanidine groups is 1. The SMILES string of the molecule is CCNC(=NCCCOC1CCCCC1)NCCN(CCOC)C1CC1. The van der Waals surface area contributed by atoms with Crippen molar-refractivity contribution in [3.8, 4) is 0 Å². The molecule has 26 heavy (non-hydrogen) atoms. The minimum atomic E-state index is 0.500. The Labute approximate surface area is 160 Å². The second-order valence-electron chi connectivity index (χ2n) is 7.43. The maximum Gasteiger partial charge on any atom is 0.191 e. The van der Waals surface area contributed by atoms with Crippen LogP contribution in [0.25, 0.3) is 0 Å². The van der Waals surface area contributed by atoms with E-state index in [1.54, 1.807) is 7.11 Å². The highest BCUT2D eigenvalue weighted by atomic mass is 16.5. The fourth-order valence-electron chi connectivity index (χ4n) is 3.52. The van der Waals surface area contributed by atoms with E-state index in [1.165, 1.54) is 44.9 Å². The van der Waals surface area contributed by atoms with Crippen molar-refractivity contribution in [1.82, 2.24) is 15.5 Å². The molecule has 152 valence electrons. The molecule has 0 amide bonds. The molecular weight excluding hydrogens is 328 g/mol. The molecule has 0 saturated heterocycles. The van der Waals surface area contributed by atoms with Gasteiger partial charge < -0.3 is 20.1 Å². The Kier molecular flexibility index (Phi) is 11.0. The molecule has 2 aliphatic carbocycles. The lowest BCUT2D eigenvalue weighted by molar-refractivity contribution is 0.0281. The Morgan fingerprint density at radius 2 is 1.85 bits per heavy atom. The number of hydrogen-bond donors (Lipinski definition) is 2. The quantitative estimate of drug-likeness (QED) is 0.297. The van der Waals surface area contributed by atoms with E-state index in [4.69, 9.17) is 9.47 Å². The highest BCUT2D eigenvalue weighted by Crippen LogP contribution is 2.26. The van der Waals surface area contributed by atoms with Gasteiger partial charge in [-0.1, -0.05) is 19.3 Å². The van der Waals surface area contributed by atoms with Crippen molar-refractivity contribution in [2.24, 2.45) is 4.99 Å². The lowest BCUT2D eigenvalue weighted by Gasteiger charge is -2.22. The summed E-state index contributed by atoms with van der Waals surface area (Å²) >= 11 is 0. The standard InChI is InChI=1S/C20H40N4O2/c1-3-21-20(22-12-7-16-26-19-8-5-4-6-9-19)23-13-14-24(15-17-25-2)18-10-11-18/h18-19H,3-17H2,1-2H3,(H2,21,22,23). The predicted octanol–water partition coefficient (Wildman–Crippen LogP) is 2.39. The van der Waals surface area contributed by atoms with E-state index >= 15 is 0 Å². The molecule has 2 aliphatic rings. The molecule has 2 N–H and O–H groups in total. The first kappa shape index (κ1) is 21.5. The van der Waals surface area contributed by atoms with Gasteiger partial charge in [-0.2, -0.15) is 0 Å². The normalized spacial score (nSPS) is 19.1. The van der Waals surface area contributed by atoms with E-state index in [2.05, 4.69) is 27.4 Å². The van der Waals surface area contributed by atoms with Gasteiger partial charge in [-0.3, -0.25) is 9.89 Å². The molecule has 0 atom stereocenters. The molecule has 6 nitrogen and oxygen atoms in total. The van der Waals surface area contributed by atoms with Gasteiger partial charge in [0.25, 0.3) is 0 Å². The Morgan fingerprint density at radius 3 is 2.54 bits per heavy atom. The first-order chi connectivity index (χ1) is 12.8. The molecule has 0 aromatic rings.